The van der Waals surface area contributed by atoms with Gasteiger partial charge in [0.15, 0.2) is 0 Å². The number of piperidine rings is 1. The topological polar surface area (TPSA) is 154 Å². The number of anilines is 1. The van der Waals surface area contributed by atoms with Crippen molar-refractivity contribution in [3.05, 3.63) is 107 Å². The fourth-order valence-corrected chi connectivity index (χ4v) is 5.74. The molecule has 0 atom stereocenters. The maximum absolute atomic E-state index is 14.9. The molecular weight excluding hydrogens is 583 g/mol. The zero-order valence-electron chi connectivity index (χ0n) is 24.7. The normalized spacial score (nSPS) is 13.5. The molecule has 3 aromatic carbocycles. The quantitative estimate of drug-likeness (QED) is 0.102. The Hall–Kier alpha value is -5.88. The summed E-state index contributed by atoms with van der Waals surface area (Å²) in [6, 6.07) is 22.5. The summed E-state index contributed by atoms with van der Waals surface area (Å²) in [6.07, 6.45) is 8.01. The number of rotatable bonds is 8. The molecule has 11 heteroatoms. The number of aromatic nitrogens is 3. The van der Waals surface area contributed by atoms with Gasteiger partial charge < -0.3 is 10.2 Å². The van der Waals surface area contributed by atoms with Crippen LogP contribution in [0.1, 0.15) is 35.1 Å². The molecule has 0 bridgehead atoms. The molecule has 2 aromatic heterocycles. The van der Waals surface area contributed by atoms with E-state index >= 15 is 0 Å². The molecule has 1 aliphatic rings. The summed E-state index contributed by atoms with van der Waals surface area (Å²) in [5.41, 5.74) is 7.15. The molecule has 228 valence electrons. The van der Waals surface area contributed by atoms with Crippen molar-refractivity contribution in [3.8, 4) is 34.4 Å². The van der Waals surface area contributed by atoms with E-state index in [2.05, 4.69) is 26.5 Å². The molecule has 0 unspecified atom stereocenters. The molecule has 0 aliphatic carbocycles. The zero-order valence-corrected chi connectivity index (χ0v) is 24.7. The molecule has 1 aliphatic heterocycles. The average molecular weight is 613 g/mol. The van der Waals surface area contributed by atoms with Crippen LogP contribution in [0.15, 0.2) is 79.1 Å². The Labute approximate surface area is 264 Å². The van der Waals surface area contributed by atoms with Crippen molar-refractivity contribution >= 4 is 28.7 Å². The Kier molecular flexibility index (Phi) is 8.79. The van der Waals surface area contributed by atoms with Crippen LogP contribution in [0.2, 0.25) is 0 Å². The predicted molar refractivity (Wildman–Crippen MR) is 172 cm³/mol. The van der Waals surface area contributed by atoms with Crippen LogP contribution >= 0.6 is 0 Å². The maximum Gasteiger partial charge on any atom is 0.267 e. The first-order valence-corrected chi connectivity index (χ1v) is 14.7. The van der Waals surface area contributed by atoms with E-state index in [9.17, 15) is 19.7 Å². The largest absolute Gasteiger partial charge is 0.355 e. The molecule has 0 radical (unpaired) electrons. The van der Waals surface area contributed by atoms with Gasteiger partial charge in [-0.2, -0.15) is 15.6 Å². The van der Waals surface area contributed by atoms with Crippen molar-refractivity contribution in [3.63, 3.8) is 0 Å². The van der Waals surface area contributed by atoms with Gasteiger partial charge in [-0.1, -0.05) is 42.5 Å². The number of nitriles is 2. The summed E-state index contributed by atoms with van der Waals surface area (Å²) in [6.45, 7) is 2.03. The van der Waals surface area contributed by atoms with Crippen molar-refractivity contribution in [1.29, 1.82) is 10.5 Å². The molecule has 46 heavy (non-hydrogen) atoms. The monoisotopic (exact) mass is 612 g/mol. The van der Waals surface area contributed by atoms with E-state index in [0.717, 1.165) is 40.4 Å². The fourth-order valence-electron chi connectivity index (χ4n) is 5.74. The van der Waals surface area contributed by atoms with Crippen LogP contribution in [0.4, 0.5) is 10.2 Å². The molecular formula is C35H29FN8O2. The highest BCUT2D eigenvalue weighted by atomic mass is 19.1. The Morgan fingerprint density at radius 2 is 1.83 bits per heavy atom. The first-order chi connectivity index (χ1) is 22.5. The number of pyridine rings is 1. The third-order valence-electron chi connectivity index (χ3n) is 8.21. The number of H-pyrrole nitrogens is 1. The molecule has 5 aromatic rings. The van der Waals surface area contributed by atoms with E-state index in [1.807, 2.05) is 48.5 Å². The van der Waals surface area contributed by atoms with E-state index < -0.39 is 11.7 Å². The number of amides is 1. The van der Waals surface area contributed by atoms with Crippen molar-refractivity contribution in [2.24, 2.45) is 0 Å². The second-order valence-corrected chi connectivity index (χ2v) is 11.0. The number of carbonyl (C=O) groups excluding carboxylic acids is 1. The smallest absolute Gasteiger partial charge is 0.267 e. The van der Waals surface area contributed by atoms with Gasteiger partial charge in [-0.3, -0.25) is 15.1 Å². The maximum atomic E-state index is 14.9. The number of carbonyl (C=O) groups is 1. The number of nitrogens with zero attached hydrogens (tertiary/aromatic N) is 5. The number of hydroxylamine groups is 1. The number of hydrogen-bond acceptors (Lipinski definition) is 8. The number of halogens is 1. The summed E-state index contributed by atoms with van der Waals surface area (Å²) in [7, 11) is 0. The van der Waals surface area contributed by atoms with E-state index in [1.54, 1.807) is 30.0 Å². The van der Waals surface area contributed by atoms with Gasteiger partial charge in [0.05, 0.1) is 17.3 Å². The Morgan fingerprint density at radius 3 is 2.54 bits per heavy atom. The van der Waals surface area contributed by atoms with Gasteiger partial charge in [-0.25, -0.2) is 14.9 Å². The van der Waals surface area contributed by atoms with Crippen LogP contribution in [0.5, 0.6) is 0 Å². The highest BCUT2D eigenvalue weighted by molar-refractivity contribution is 5.93. The van der Waals surface area contributed by atoms with Crippen LogP contribution in [0.3, 0.4) is 0 Å². The predicted octanol–water partition coefficient (Wildman–Crippen LogP) is 5.45. The SMILES string of the molecule is N#Cc1ccc(-c2c(-c3ccc4cn[nH]c4c3)cnc(N3CCC(NCc4ccc(/C=C/C(=O)NO)cc4)CC3)c2C#N)cc1F. The molecule has 1 saturated heterocycles. The summed E-state index contributed by atoms with van der Waals surface area (Å²) in [5.74, 6) is -0.688. The van der Waals surface area contributed by atoms with Gasteiger partial charge in [0.1, 0.15) is 29.3 Å². The van der Waals surface area contributed by atoms with E-state index in [-0.39, 0.29) is 11.6 Å². The lowest BCUT2D eigenvalue weighted by molar-refractivity contribution is -0.124. The molecule has 0 spiro atoms. The van der Waals surface area contributed by atoms with Gasteiger partial charge in [-0.05, 0) is 59.4 Å². The second-order valence-electron chi connectivity index (χ2n) is 11.0. The minimum atomic E-state index is -0.649. The molecule has 0 saturated carbocycles. The minimum absolute atomic E-state index is 0.0635. The number of benzene rings is 3. The lowest BCUT2D eigenvalue weighted by Gasteiger charge is -2.34. The number of nitrogens with one attached hydrogen (secondary N) is 3. The van der Waals surface area contributed by atoms with Crippen LogP contribution < -0.4 is 15.7 Å². The molecule has 1 amide bonds. The van der Waals surface area contributed by atoms with Gasteiger partial charge in [0.25, 0.3) is 5.91 Å². The first-order valence-electron chi connectivity index (χ1n) is 14.7. The number of fused-ring (bicyclic) bond motifs is 1. The lowest BCUT2D eigenvalue weighted by atomic mass is 9.91. The van der Waals surface area contributed by atoms with Crippen molar-refractivity contribution in [1.82, 2.24) is 26.0 Å². The van der Waals surface area contributed by atoms with Crippen LogP contribution in [-0.2, 0) is 11.3 Å². The second kappa shape index (κ2) is 13.4. The third-order valence-corrected chi connectivity index (χ3v) is 8.21. The number of hydrogen-bond donors (Lipinski definition) is 4. The third kappa shape index (κ3) is 6.33. The summed E-state index contributed by atoms with van der Waals surface area (Å²) in [4.78, 5) is 18.1. The molecule has 6 rings (SSSR count). The zero-order chi connectivity index (χ0) is 32.0. The van der Waals surface area contributed by atoms with Gasteiger partial charge in [0, 0.05) is 54.5 Å². The summed E-state index contributed by atoms with van der Waals surface area (Å²) >= 11 is 0. The average Bonchev–Trinajstić information content (AvgIpc) is 3.58. The van der Waals surface area contributed by atoms with Crippen molar-refractivity contribution in [2.75, 3.05) is 18.0 Å². The van der Waals surface area contributed by atoms with Gasteiger partial charge in [0.2, 0.25) is 0 Å². The molecule has 1 fully saturated rings. The summed E-state index contributed by atoms with van der Waals surface area (Å²) in [5, 5.41) is 40.0. The molecule has 10 nitrogen and oxygen atoms in total. The first kappa shape index (κ1) is 30.2. The minimum Gasteiger partial charge on any atom is -0.355 e. The van der Waals surface area contributed by atoms with Crippen LogP contribution in [-0.4, -0.2) is 45.4 Å². The van der Waals surface area contributed by atoms with E-state index in [1.165, 1.54) is 18.2 Å². The van der Waals surface area contributed by atoms with Crippen molar-refractivity contribution in [2.45, 2.75) is 25.4 Å². The summed E-state index contributed by atoms with van der Waals surface area (Å²) < 4.78 is 14.9. The van der Waals surface area contributed by atoms with Crippen molar-refractivity contribution < 1.29 is 14.4 Å². The van der Waals surface area contributed by atoms with E-state index in [4.69, 9.17) is 10.2 Å². The Morgan fingerprint density at radius 1 is 1.04 bits per heavy atom. The van der Waals surface area contributed by atoms with Crippen LogP contribution in [0, 0.1) is 28.5 Å². The molecule has 3 heterocycles. The Balaban J connectivity index is 1.22. The fraction of sp³-hybridized carbons (Fsp3) is 0.171. The standard InChI is InChI=1S/C35H29FN8O2/c36-31-15-25(7-8-26(31)17-37)34-29(18-38)35(40-21-30(34)24-6-9-27-20-41-42-32(27)16-24)44-13-11-28(12-14-44)39-19-23-3-1-22(2-4-23)5-10-33(45)43-46/h1-10,15-16,20-21,28,39,46H,11-14,19H2,(H,41,42)(H,43,45)/b10-5+. The number of aromatic amines is 1. The lowest BCUT2D eigenvalue weighted by Crippen LogP contribution is -2.42. The highest BCUT2D eigenvalue weighted by Gasteiger charge is 2.26. The van der Waals surface area contributed by atoms with E-state index in [0.29, 0.717) is 47.7 Å². The van der Waals surface area contributed by atoms with Crippen LogP contribution in [0.25, 0.3) is 39.2 Å². The molecule has 4 N–H and O–H groups in total. The van der Waals surface area contributed by atoms with Gasteiger partial charge >= 0.3 is 0 Å². The highest BCUT2D eigenvalue weighted by Crippen LogP contribution is 2.40. The Bertz CT molecular complexity index is 2020. The van der Waals surface area contributed by atoms with Gasteiger partial charge in [-0.15, -0.1) is 0 Å².